The molecule has 170 valence electrons. The van der Waals surface area contributed by atoms with Gasteiger partial charge in [0.25, 0.3) is 0 Å². The second-order valence-electron chi connectivity index (χ2n) is 8.51. The van der Waals surface area contributed by atoms with Crippen molar-refractivity contribution < 1.29 is 19.4 Å². The van der Waals surface area contributed by atoms with Gasteiger partial charge in [0.05, 0.1) is 6.10 Å². The van der Waals surface area contributed by atoms with E-state index in [-0.39, 0.29) is 18.8 Å². The Kier molecular flexibility index (Phi) is 7.59. The molecule has 0 fully saturated rings. The van der Waals surface area contributed by atoms with Crippen LogP contribution in [0.25, 0.3) is 0 Å². The number of ether oxygens (including phenoxy) is 2. The number of hydrogen-bond donors (Lipinski definition) is 1. The van der Waals surface area contributed by atoms with E-state index >= 15 is 0 Å². The monoisotopic (exact) mass is 442 g/mol. The summed E-state index contributed by atoms with van der Waals surface area (Å²) in [7, 11) is 0. The summed E-state index contributed by atoms with van der Waals surface area (Å²) >= 11 is 0. The van der Waals surface area contributed by atoms with Gasteiger partial charge in [0, 0.05) is 0 Å². The lowest BCUT2D eigenvalue weighted by Gasteiger charge is -2.25. The van der Waals surface area contributed by atoms with Gasteiger partial charge in [0.2, 0.25) is 0 Å². The fourth-order valence-corrected chi connectivity index (χ4v) is 4.42. The number of allylic oxidation sites excluding steroid dienone is 1. The van der Waals surface area contributed by atoms with Crippen LogP contribution in [0.1, 0.15) is 41.7 Å². The molecule has 2 atom stereocenters. The van der Waals surface area contributed by atoms with Crippen molar-refractivity contribution in [3.05, 3.63) is 113 Å². The lowest BCUT2D eigenvalue weighted by Crippen LogP contribution is -2.17. The second-order valence-corrected chi connectivity index (χ2v) is 8.51. The molecule has 0 aromatic heterocycles. The van der Waals surface area contributed by atoms with Gasteiger partial charge in [-0.2, -0.15) is 0 Å². The molecule has 0 aliphatic heterocycles. The molecule has 0 amide bonds. The zero-order valence-electron chi connectivity index (χ0n) is 18.9. The lowest BCUT2D eigenvalue weighted by atomic mass is 9.83. The van der Waals surface area contributed by atoms with Crippen molar-refractivity contribution in [2.75, 3.05) is 6.61 Å². The summed E-state index contributed by atoms with van der Waals surface area (Å²) in [5.74, 6) is 0.162. The molecule has 4 nitrogen and oxygen atoms in total. The molecule has 33 heavy (non-hydrogen) atoms. The third kappa shape index (κ3) is 6.11. The quantitative estimate of drug-likeness (QED) is 0.413. The number of carbonyl (C=O) groups is 1. The molecule has 0 saturated carbocycles. The van der Waals surface area contributed by atoms with Crippen LogP contribution in [0.4, 0.5) is 0 Å². The summed E-state index contributed by atoms with van der Waals surface area (Å²) in [6, 6.07) is 26.6. The molecule has 1 aliphatic carbocycles. The fraction of sp³-hybridized carbons (Fsp3) is 0.276. The predicted octanol–water partition coefficient (Wildman–Crippen LogP) is 6.01. The zero-order valence-corrected chi connectivity index (χ0v) is 18.9. The average molecular weight is 443 g/mol. The SMILES string of the molecule is CC(/C=C/C1CCc2c(cccc2OCC(=O)O)C1)OC(c1ccccc1)c1ccccc1. The Hall–Kier alpha value is -3.37. The Labute approximate surface area is 195 Å². The highest BCUT2D eigenvalue weighted by atomic mass is 16.5. The normalized spacial score (nSPS) is 16.5. The summed E-state index contributed by atoms with van der Waals surface area (Å²) in [4.78, 5) is 10.9. The van der Waals surface area contributed by atoms with Gasteiger partial charge in [-0.3, -0.25) is 0 Å². The third-order valence-electron chi connectivity index (χ3n) is 6.04. The van der Waals surface area contributed by atoms with Crippen LogP contribution in [0.2, 0.25) is 0 Å². The van der Waals surface area contributed by atoms with Gasteiger partial charge < -0.3 is 14.6 Å². The first kappa shape index (κ1) is 22.8. The van der Waals surface area contributed by atoms with Gasteiger partial charge in [0.1, 0.15) is 11.9 Å². The molecule has 1 N–H and O–H groups in total. The van der Waals surface area contributed by atoms with Crippen molar-refractivity contribution in [2.45, 2.75) is 38.4 Å². The van der Waals surface area contributed by atoms with Crippen molar-refractivity contribution in [3.8, 4) is 5.75 Å². The number of rotatable bonds is 9. The summed E-state index contributed by atoms with van der Waals surface area (Å²) in [5, 5.41) is 8.90. The van der Waals surface area contributed by atoms with Crippen LogP contribution in [0.5, 0.6) is 5.75 Å². The van der Waals surface area contributed by atoms with Crippen LogP contribution < -0.4 is 4.74 Å². The first-order valence-electron chi connectivity index (χ1n) is 11.5. The van der Waals surface area contributed by atoms with Crippen molar-refractivity contribution in [1.82, 2.24) is 0 Å². The highest BCUT2D eigenvalue weighted by molar-refractivity contribution is 5.68. The van der Waals surface area contributed by atoms with E-state index in [1.54, 1.807) is 0 Å². The predicted molar refractivity (Wildman–Crippen MR) is 130 cm³/mol. The summed E-state index contributed by atoms with van der Waals surface area (Å²) in [6.07, 6.45) is 7.08. The maximum Gasteiger partial charge on any atom is 0.341 e. The second kappa shape index (κ2) is 11.0. The molecule has 4 rings (SSSR count). The van der Waals surface area contributed by atoms with E-state index in [0.29, 0.717) is 11.7 Å². The number of fused-ring (bicyclic) bond motifs is 1. The Bertz CT molecular complexity index is 1040. The van der Waals surface area contributed by atoms with Crippen molar-refractivity contribution in [3.63, 3.8) is 0 Å². The van der Waals surface area contributed by atoms with Crippen LogP contribution >= 0.6 is 0 Å². The van der Waals surface area contributed by atoms with E-state index in [9.17, 15) is 4.79 Å². The maximum atomic E-state index is 10.9. The standard InChI is InChI=1S/C29H30O4/c1-21(33-29(23-9-4-2-5-10-23)24-11-6-3-7-12-24)15-16-22-17-18-26-25(19-22)13-8-14-27(26)32-20-28(30)31/h2-16,21-22,29H,17-20H2,1H3,(H,30,31)/b16-15+. The number of carboxylic acids is 1. The van der Waals surface area contributed by atoms with Crippen LogP contribution in [-0.2, 0) is 22.4 Å². The molecular formula is C29H30O4. The molecule has 2 unspecified atom stereocenters. The zero-order chi connectivity index (χ0) is 23.0. The van der Waals surface area contributed by atoms with E-state index in [1.807, 2.05) is 48.5 Å². The Balaban J connectivity index is 1.42. The molecule has 0 bridgehead atoms. The largest absolute Gasteiger partial charge is 0.482 e. The highest BCUT2D eigenvalue weighted by Gasteiger charge is 2.21. The number of aliphatic carboxylic acids is 1. The smallest absolute Gasteiger partial charge is 0.341 e. The van der Waals surface area contributed by atoms with Crippen molar-refractivity contribution >= 4 is 5.97 Å². The molecule has 0 saturated heterocycles. The van der Waals surface area contributed by atoms with E-state index in [2.05, 4.69) is 49.4 Å². The fourth-order valence-electron chi connectivity index (χ4n) is 4.42. The van der Waals surface area contributed by atoms with E-state index in [0.717, 1.165) is 36.0 Å². The number of hydrogen-bond acceptors (Lipinski definition) is 3. The number of benzene rings is 3. The van der Waals surface area contributed by atoms with E-state index < -0.39 is 5.97 Å². The highest BCUT2D eigenvalue weighted by Crippen LogP contribution is 2.33. The molecular weight excluding hydrogens is 412 g/mol. The van der Waals surface area contributed by atoms with Crippen LogP contribution in [0.3, 0.4) is 0 Å². The molecule has 0 heterocycles. The Morgan fingerprint density at radius 3 is 2.30 bits per heavy atom. The van der Waals surface area contributed by atoms with Crippen molar-refractivity contribution in [2.24, 2.45) is 5.92 Å². The van der Waals surface area contributed by atoms with Gasteiger partial charge in [0.15, 0.2) is 6.61 Å². The van der Waals surface area contributed by atoms with Gasteiger partial charge in [-0.15, -0.1) is 0 Å². The van der Waals surface area contributed by atoms with Crippen molar-refractivity contribution in [1.29, 1.82) is 0 Å². The van der Waals surface area contributed by atoms with Gasteiger partial charge >= 0.3 is 5.97 Å². The van der Waals surface area contributed by atoms with Gasteiger partial charge in [-0.05, 0) is 60.4 Å². The van der Waals surface area contributed by atoms with Gasteiger partial charge in [-0.25, -0.2) is 4.79 Å². The molecule has 3 aromatic rings. The average Bonchev–Trinajstić information content (AvgIpc) is 2.85. The lowest BCUT2D eigenvalue weighted by molar-refractivity contribution is -0.139. The van der Waals surface area contributed by atoms with Crippen LogP contribution in [0, 0.1) is 5.92 Å². The Morgan fingerprint density at radius 1 is 1.00 bits per heavy atom. The minimum absolute atomic E-state index is 0.0398. The first-order chi connectivity index (χ1) is 16.1. The first-order valence-corrected chi connectivity index (χ1v) is 11.5. The van der Waals surface area contributed by atoms with E-state index in [1.165, 1.54) is 5.56 Å². The molecule has 4 heteroatoms. The maximum absolute atomic E-state index is 10.9. The minimum Gasteiger partial charge on any atom is -0.482 e. The van der Waals surface area contributed by atoms with Crippen LogP contribution in [0.15, 0.2) is 91.0 Å². The summed E-state index contributed by atoms with van der Waals surface area (Å²) < 4.78 is 12.0. The van der Waals surface area contributed by atoms with E-state index in [4.69, 9.17) is 14.6 Å². The molecule has 1 aliphatic rings. The topological polar surface area (TPSA) is 55.8 Å². The molecule has 3 aromatic carbocycles. The molecule has 0 spiro atoms. The minimum atomic E-state index is -0.956. The molecule has 0 radical (unpaired) electrons. The van der Waals surface area contributed by atoms with Gasteiger partial charge in [-0.1, -0.05) is 84.9 Å². The Morgan fingerprint density at radius 2 is 1.67 bits per heavy atom. The summed E-state index contributed by atoms with van der Waals surface area (Å²) in [6.45, 7) is 1.78. The number of carboxylic acid groups (broad SMARTS) is 1. The van der Waals surface area contributed by atoms with Crippen LogP contribution in [-0.4, -0.2) is 23.8 Å². The summed E-state index contributed by atoms with van der Waals surface area (Å²) in [5.41, 5.74) is 4.66. The third-order valence-corrected chi connectivity index (χ3v) is 6.04.